The van der Waals surface area contributed by atoms with Crippen LogP contribution in [0.5, 0.6) is 0 Å². The fraction of sp³-hybridized carbons (Fsp3) is 0.524. The van der Waals surface area contributed by atoms with Crippen LogP contribution in [0.4, 0.5) is 0 Å². The van der Waals surface area contributed by atoms with Gasteiger partial charge in [0.15, 0.2) is 18.5 Å². The Morgan fingerprint density at radius 1 is 0.903 bits per heavy atom. The molecular formula is C21H27NO9. The lowest BCUT2D eigenvalue weighted by molar-refractivity contribution is -0.280. The van der Waals surface area contributed by atoms with Crippen LogP contribution in [0.1, 0.15) is 33.3 Å². The molecule has 0 radical (unpaired) electrons. The van der Waals surface area contributed by atoms with Crippen LogP contribution in [-0.4, -0.2) is 61.1 Å². The first-order valence-electron chi connectivity index (χ1n) is 9.73. The van der Waals surface area contributed by atoms with Crippen LogP contribution >= 0.6 is 0 Å². The molecule has 1 amide bonds. The molecule has 1 saturated heterocycles. The van der Waals surface area contributed by atoms with E-state index in [1.54, 1.807) is 0 Å². The summed E-state index contributed by atoms with van der Waals surface area (Å²) in [5, 5.41) is 2.65. The topological polar surface area (TPSA) is 126 Å². The predicted octanol–water partition coefficient (Wildman–Crippen LogP) is 0.859. The summed E-state index contributed by atoms with van der Waals surface area (Å²) in [5.74, 6) is -2.32. The van der Waals surface area contributed by atoms with Crippen LogP contribution in [0.15, 0.2) is 30.3 Å². The monoisotopic (exact) mass is 437 g/mol. The second kappa shape index (κ2) is 11.4. The van der Waals surface area contributed by atoms with Crippen molar-refractivity contribution in [3.8, 4) is 0 Å². The molecule has 170 valence electrons. The van der Waals surface area contributed by atoms with Crippen LogP contribution in [0, 0.1) is 0 Å². The number of carbonyl (C=O) groups excluding carboxylic acids is 4. The van der Waals surface area contributed by atoms with Crippen LogP contribution in [0.3, 0.4) is 0 Å². The summed E-state index contributed by atoms with van der Waals surface area (Å²) in [6.45, 7) is 4.72. The molecule has 31 heavy (non-hydrogen) atoms. The minimum Gasteiger partial charge on any atom is -0.463 e. The van der Waals surface area contributed by atoms with Crippen LogP contribution < -0.4 is 5.32 Å². The minimum absolute atomic E-state index is 0.132. The zero-order chi connectivity index (χ0) is 23.0. The largest absolute Gasteiger partial charge is 0.463 e. The van der Waals surface area contributed by atoms with Gasteiger partial charge >= 0.3 is 17.9 Å². The molecule has 0 unspecified atom stereocenters. The van der Waals surface area contributed by atoms with Crippen molar-refractivity contribution in [2.75, 3.05) is 6.61 Å². The Kier molecular flexibility index (Phi) is 8.95. The Hall–Kier alpha value is -2.98. The molecule has 5 atom stereocenters. The van der Waals surface area contributed by atoms with E-state index in [9.17, 15) is 19.2 Å². The third-order valence-corrected chi connectivity index (χ3v) is 4.33. The van der Waals surface area contributed by atoms with Crippen molar-refractivity contribution < 1.29 is 42.9 Å². The highest BCUT2D eigenvalue weighted by Gasteiger charge is 2.51. The number of carbonyl (C=O) groups is 4. The van der Waals surface area contributed by atoms with Crippen molar-refractivity contribution in [1.29, 1.82) is 0 Å². The van der Waals surface area contributed by atoms with Gasteiger partial charge in [0.2, 0.25) is 5.91 Å². The number of benzene rings is 1. The fourth-order valence-electron chi connectivity index (χ4n) is 3.19. The van der Waals surface area contributed by atoms with Crippen molar-refractivity contribution in [1.82, 2.24) is 5.32 Å². The summed E-state index contributed by atoms with van der Waals surface area (Å²) in [7, 11) is 0. The molecule has 1 aromatic rings. The lowest BCUT2D eigenvalue weighted by Gasteiger charge is -2.44. The molecule has 1 N–H and O–H groups in total. The van der Waals surface area contributed by atoms with Gasteiger partial charge < -0.3 is 29.0 Å². The van der Waals surface area contributed by atoms with Gasteiger partial charge in [0.05, 0.1) is 6.61 Å². The molecule has 0 spiro atoms. The highest BCUT2D eigenvalue weighted by molar-refractivity contribution is 5.73. The summed E-state index contributed by atoms with van der Waals surface area (Å²) in [5.41, 5.74) is 0.843. The van der Waals surface area contributed by atoms with E-state index in [1.165, 1.54) is 27.7 Å². The number of hydrogen-bond donors (Lipinski definition) is 1. The summed E-state index contributed by atoms with van der Waals surface area (Å²) in [6.07, 6.45) is -4.36. The second-order valence-electron chi connectivity index (χ2n) is 7.02. The van der Waals surface area contributed by atoms with Gasteiger partial charge in [-0.2, -0.15) is 0 Å². The number of amides is 1. The maximum Gasteiger partial charge on any atom is 0.303 e. The Balaban J connectivity index is 2.35. The smallest absolute Gasteiger partial charge is 0.303 e. The van der Waals surface area contributed by atoms with E-state index >= 15 is 0 Å². The molecule has 2 rings (SSSR count). The van der Waals surface area contributed by atoms with Gasteiger partial charge in [-0.15, -0.1) is 0 Å². The quantitative estimate of drug-likeness (QED) is 0.465. The maximum absolute atomic E-state index is 11.8. The number of hydrogen-bond acceptors (Lipinski definition) is 9. The second-order valence-corrected chi connectivity index (χ2v) is 7.02. The van der Waals surface area contributed by atoms with E-state index in [-0.39, 0.29) is 13.2 Å². The number of nitrogens with one attached hydrogen (secondary N) is 1. The summed E-state index contributed by atoms with van der Waals surface area (Å²) >= 11 is 0. The Morgan fingerprint density at radius 3 is 2.06 bits per heavy atom. The number of rotatable bonds is 8. The van der Waals surface area contributed by atoms with E-state index in [2.05, 4.69) is 5.32 Å². The SMILES string of the molecule is CC(=O)N[C@H]1[C@@H](OCc2ccccc2)O[C@@H](COC(C)=O)[C@H](OC(C)=O)[C@H]1OC(C)=O. The average Bonchev–Trinajstić information content (AvgIpc) is 2.68. The molecule has 10 heteroatoms. The molecule has 10 nitrogen and oxygen atoms in total. The first kappa shape index (κ1) is 24.3. The highest BCUT2D eigenvalue weighted by Crippen LogP contribution is 2.28. The zero-order valence-corrected chi connectivity index (χ0v) is 17.9. The molecule has 1 fully saturated rings. The normalized spacial score (nSPS) is 25.2. The van der Waals surface area contributed by atoms with Crippen LogP contribution in [0.25, 0.3) is 0 Å². The predicted molar refractivity (Wildman–Crippen MR) is 105 cm³/mol. The first-order chi connectivity index (χ1) is 14.7. The van der Waals surface area contributed by atoms with E-state index in [1.807, 2.05) is 30.3 Å². The molecular weight excluding hydrogens is 410 g/mol. The summed E-state index contributed by atoms with van der Waals surface area (Å²) < 4.78 is 27.6. The van der Waals surface area contributed by atoms with Crippen molar-refractivity contribution in [2.24, 2.45) is 0 Å². The molecule has 0 aliphatic carbocycles. The molecule has 0 aromatic heterocycles. The molecule has 1 aromatic carbocycles. The Labute approximate surface area is 180 Å². The van der Waals surface area contributed by atoms with Gasteiger partial charge in [-0.05, 0) is 5.56 Å². The first-order valence-corrected chi connectivity index (χ1v) is 9.73. The van der Waals surface area contributed by atoms with E-state index in [4.69, 9.17) is 23.7 Å². The van der Waals surface area contributed by atoms with Gasteiger partial charge in [0.1, 0.15) is 18.8 Å². The molecule has 1 aliphatic heterocycles. The van der Waals surface area contributed by atoms with Crippen LogP contribution in [-0.2, 0) is 49.5 Å². The number of esters is 3. The molecule has 1 heterocycles. The van der Waals surface area contributed by atoms with Gasteiger partial charge in [-0.25, -0.2) is 0 Å². The fourth-order valence-corrected chi connectivity index (χ4v) is 3.19. The Morgan fingerprint density at radius 2 is 1.52 bits per heavy atom. The maximum atomic E-state index is 11.8. The standard InChI is InChI=1S/C21H27NO9/c1-12(23)22-18-20(30-15(4)26)19(29-14(3)25)17(11-27-13(2)24)31-21(18)28-10-16-8-6-5-7-9-16/h5-9,17-21H,10-11H2,1-4H3,(H,22,23)/t17-,18+,19-,20-,21-/m0/s1. The van der Waals surface area contributed by atoms with Crippen LogP contribution in [0.2, 0.25) is 0 Å². The van der Waals surface area contributed by atoms with Crippen molar-refractivity contribution in [3.05, 3.63) is 35.9 Å². The lowest BCUT2D eigenvalue weighted by Crippen LogP contribution is -2.66. The van der Waals surface area contributed by atoms with Crippen molar-refractivity contribution in [3.63, 3.8) is 0 Å². The van der Waals surface area contributed by atoms with Gasteiger partial charge in [0, 0.05) is 27.7 Å². The average molecular weight is 437 g/mol. The lowest BCUT2D eigenvalue weighted by atomic mass is 9.96. The van der Waals surface area contributed by atoms with Gasteiger partial charge in [-0.1, -0.05) is 30.3 Å². The van der Waals surface area contributed by atoms with E-state index in [0.717, 1.165) is 5.56 Å². The van der Waals surface area contributed by atoms with Gasteiger partial charge in [-0.3, -0.25) is 19.2 Å². The molecule has 1 aliphatic rings. The molecule has 0 bridgehead atoms. The third-order valence-electron chi connectivity index (χ3n) is 4.33. The summed E-state index contributed by atoms with van der Waals surface area (Å²) in [4.78, 5) is 46.7. The zero-order valence-electron chi connectivity index (χ0n) is 17.9. The third kappa shape index (κ3) is 7.65. The van der Waals surface area contributed by atoms with Gasteiger partial charge in [0.25, 0.3) is 0 Å². The van der Waals surface area contributed by atoms with Crippen molar-refractivity contribution >= 4 is 23.8 Å². The van der Waals surface area contributed by atoms with E-state index in [0.29, 0.717) is 0 Å². The number of ether oxygens (including phenoxy) is 5. The highest BCUT2D eigenvalue weighted by atomic mass is 16.7. The summed E-state index contributed by atoms with van der Waals surface area (Å²) in [6, 6.07) is 8.25. The molecule has 0 saturated carbocycles. The Bertz CT molecular complexity index is 782. The van der Waals surface area contributed by atoms with E-state index < -0.39 is 54.5 Å². The van der Waals surface area contributed by atoms with Crippen molar-refractivity contribution in [2.45, 2.75) is 64.9 Å². The minimum atomic E-state index is -1.14.